The van der Waals surface area contributed by atoms with Crippen molar-refractivity contribution >= 4 is 38.7 Å². The number of benzene rings is 2. The first-order valence-corrected chi connectivity index (χ1v) is 6.87. The second kappa shape index (κ2) is 5.79. The van der Waals surface area contributed by atoms with E-state index in [2.05, 4.69) is 36.7 Å². The van der Waals surface area contributed by atoms with Crippen LogP contribution in [0.2, 0.25) is 0 Å². The van der Waals surface area contributed by atoms with E-state index in [0.29, 0.717) is 5.82 Å². The average Bonchev–Trinajstić information content (AvgIpc) is 2.48. The summed E-state index contributed by atoms with van der Waals surface area (Å²) >= 11 is 3.43. The summed E-state index contributed by atoms with van der Waals surface area (Å²) < 4.78 is 1.02. The van der Waals surface area contributed by atoms with Gasteiger partial charge in [-0.3, -0.25) is 5.43 Å². The first-order valence-electron chi connectivity index (χ1n) is 6.08. The Bertz CT molecular complexity index is 765. The molecule has 1 N–H and O–H groups in total. The highest BCUT2D eigenvalue weighted by atomic mass is 79.9. The molecule has 0 spiro atoms. The summed E-state index contributed by atoms with van der Waals surface area (Å²) in [6.45, 7) is 0. The lowest BCUT2D eigenvalue weighted by Crippen LogP contribution is -1.96. The molecule has 0 amide bonds. The van der Waals surface area contributed by atoms with E-state index in [1.165, 1.54) is 0 Å². The van der Waals surface area contributed by atoms with Crippen molar-refractivity contribution in [2.24, 2.45) is 5.10 Å². The molecule has 0 aliphatic heterocycles. The van der Waals surface area contributed by atoms with Gasteiger partial charge in [0.2, 0.25) is 0 Å². The van der Waals surface area contributed by atoms with E-state index in [9.17, 15) is 0 Å². The lowest BCUT2D eigenvalue weighted by molar-refractivity contribution is 1.04. The largest absolute Gasteiger partial charge is 0.259 e. The van der Waals surface area contributed by atoms with E-state index in [-0.39, 0.29) is 0 Å². The van der Waals surface area contributed by atoms with Crippen LogP contribution >= 0.6 is 15.9 Å². The van der Waals surface area contributed by atoms with Crippen molar-refractivity contribution in [2.45, 2.75) is 0 Å². The zero-order valence-corrected chi connectivity index (χ0v) is 12.1. The number of halogens is 1. The molecule has 0 saturated carbocycles. The zero-order valence-electron chi connectivity index (χ0n) is 10.5. The predicted molar refractivity (Wildman–Crippen MR) is 84.9 cm³/mol. The van der Waals surface area contributed by atoms with Gasteiger partial charge in [-0.15, -0.1) is 5.10 Å². The summed E-state index contributed by atoms with van der Waals surface area (Å²) in [7, 11) is 0. The zero-order chi connectivity index (χ0) is 13.8. The van der Waals surface area contributed by atoms with Crippen LogP contribution in [0.5, 0.6) is 0 Å². The molecular weight excluding hydrogens is 316 g/mol. The van der Waals surface area contributed by atoms with E-state index in [1.54, 1.807) is 12.4 Å². The highest BCUT2D eigenvalue weighted by Crippen LogP contribution is 2.19. The van der Waals surface area contributed by atoms with Gasteiger partial charge in [-0.25, -0.2) is 0 Å². The molecule has 0 radical (unpaired) electrons. The van der Waals surface area contributed by atoms with Crippen LogP contribution in [0.4, 0.5) is 5.82 Å². The molecule has 0 aliphatic carbocycles. The Morgan fingerprint density at radius 1 is 1.10 bits per heavy atom. The number of hydrogen-bond donors (Lipinski definition) is 1. The monoisotopic (exact) mass is 326 g/mol. The number of anilines is 1. The van der Waals surface area contributed by atoms with Crippen molar-refractivity contribution < 1.29 is 0 Å². The summed E-state index contributed by atoms with van der Waals surface area (Å²) in [5.74, 6) is 0.648. The Kier molecular flexibility index (Phi) is 3.69. The van der Waals surface area contributed by atoms with Crippen LogP contribution in [0.3, 0.4) is 0 Å². The molecule has 0 fully saturated rings. The van der Waals surface area contributed by atoms with Gasteiger partial charge in [0, 0.05) is 15.2 Å². The number of hydrazone groups is 1. The Morgan fingerprint density at radius 2 is 2.00 bits per heavy atom. The van der Waals surface area contributed by atoms with Gasteiger partial charge in [0.1, 0.15) is 0 Å². The first kappa shape index (κ1) is 12.7. The second-order valence-corrected chi connectivity index (χ2v) is 5.12. The Balaban J connectivity index is 1.84. The van der Waals surface area contributed by atoms with Crippen LogP contribution in [0.1, 0.15) is 5.56 Å². The Morgan fingerprint density at radius 3 is 2.90 bits per heavy atom. The minimum atomic E-state index is 0.648. The van der Waals surface area contributed by atoms with Crippen molar-refractivity contribution in [1.29, 1.82) is 0 Å². The van der Waals surface area contributed by atoms with Crippen LogP contribution in [0.25, 0.3) is 10.8 Å². The van der Waals surface area contributed by atoms with Crippen LogP contribution in [-0.2, 0) is 0 Å². The fourth-order valence-corrected chi connectivity index (χ4v) is 2.28. The minimum Gasteiger partial charge on any atom is -0.259 e. The molecule has 0 aliphatic rings. The molecule has 0 bridgehead atoms. The van der Waals surface area contributed by atoms with Gasteiger partial charge in [-0.05, 0) is 17.7 Å². The molecule has 1 aromatic heterocycles. The summed E-state index contributed by atoms with van der Waals surface area (Å²) in [5.41, 5.74) is 3.94. The van der Waals surface area contributed by atoms with Crippen LogP contribution in [-0.4, -0.2) is 16.4 Å². The number of aromatic nitrogens is 2. The van der Waals surface area contributed by atoms with Crippen LogP contribution in [0.15, 0.2) is 64.3 Å². The second-order valence-electron chi connectivity index (χ2n) is 4.21. The lowest BCUT2D eigenvalue weighted by Gasteiger charge is -2.02. The van der Waals surface area contributed by atoms with Gasteiger partial charge in [0.15, 0.2) is 5.82 Å². The maximum absolute atomic E-state index is 4.20. The fourth-order valence-electron chi connectivity index (χ4n) is 1.87. The summed E-state index contributed by atoms with van der Waals surface area (Å²) in [6, 6.07) is 15.8. The van der Waals surface area contributed by atoms with Crippen molar-refractivity contribution in [3.63, 3.8) is 0 Å². The van der Waals surface area contributed by atoms with E-state index < -0.39 is 0 Å². The third-order valence-corrected chi connectivity index (χ3v) is 3.30. The number of hydrogen-bond acceptors (Lipinski definition) is 4. The molecule has 3 aromatic rings. The number of rotatable bonds is 3. The SMILES string of the molecule is Brc1cccc(C=NNc2nncc3ccccc23)c1. The summed E-state index contributed by atoms with van der Waals surface area (Å²) in [4.78, 5) is 0. The molecule has 98 valence electrons. The van der Waals surface area contributed by atoms with Gasteiger partial charge in [-0.1, -0.05) is 52.3 Å². The van der Waals surface area contributed by atoms with Gasteiger partial charge < -0.3 is 0 Å². The topological polar surface area (TPSA) is 50.2 Å². The molecule has 0 atom stereocenters. The number of nitrogens with one attached hydrogen (secondary N) is 1. The van der Waals surface area contributed by atoms with Crippen LogP contribution < -0.4 is 5.43 Å². The van der Waals surface area contributed by atoms with Gasteiger partial charge in [0.25, 0.3) is 0 Å². The summed E-state index contributed by atoms with van der Waals surface area (Å²) in [6.07, 6.45) is 3.48. The first-order chi connectivity index (χ1) is 9.83. The normalized spacial score (nSPS) is 11.1. The highest BCUT2D eigenvalue weighted by Gasteiger charge is 2.00. The van der Waals surface area contributed by atoms with Crippen molar-refractivity contribution in [2.75, 3.05) is 5.43 Å². The molecule has 0 unspecified atom stereocenters. The highest BCUT2D eigenvalue weighted by molar-refractivity contribution is 9.10. The molecular formula is C15H11BrN4. The van der Waals surface area contributed by atoms with Gasteiger partial charge >= 0.3 is 0 Å². The summed E-state index contributed by atoms with van der Waals surface area (Å²) in [5, 5.41) is 14.3. The van der Waals surface area contributed by atoms with Crippen molar-refractivity contribution in [3.8, 4) is 0 Å². The third kappa shape index (κ3) is 2.83. The third-order valence-electron chi connectivity index (χ3n) is 2.80. The van der Waals surface area contributed by atoms with E-state index in [1.807, 2.05) is 48.5 Å². The van der Waals surface area contributed by atoms with E-state index in [4.69, 9.17) is 0 Å². The maximum atomic E-state index is 4.20. The molecule has 2 aromatic carbocycles. The quantitative estimate of drug-likeness (QED) is 0.587. The van der Waals surface area contributed by atoms with Crippen LogP contribution in [0, 0.1) is 0 Å². The molecule has 4 nitrogen and oxygen atoms in total. The average molecular weight is 327 g/mol. The molecule has 5 heteroatoms. The van der Waals surface area contributed by atoms with Gasteiger partial charge in [-0.2, -0.15) is 10.2 Å². The number of nitrogens with zero attached hydrogens (tertiary/aromatic N) is 3. The van der Waals surface area contributed by atoms with E-state index in [0.717, 1.165) is 20.8 Å². The Labute approximate surface area is 124 Å². The molecule has 0 saturated heterocycles. The minimum absolute atomic E-state index is 0.648. The smallest absolute Gasteiger partial charge is 0.176 e. The van der Waals surface area contributed by atoms with E-state index >= 15 is 0 Å². The molecule has 3 rings (SSSR count). The fraction of sp³-hybridized carbons (Fsp3) is 0. The maximum Gasteiger partial charge on any atom is 0.176 e. The molecule has 1 heterocycles. The van der Waals surface area contributed by atoms with Crippen molar-refractivity contribution in [3.05, 3.63) is 64.8 Å². The van der Waals surface area contributed by atoms with Crippen molar-refractivity contribution in [1.82, 2.24) is 10.2 Å². The number of fused-ring (bicyclic) bond motifs is 1. The van der Waals surface area contributed by atoms with Gasteiger partial charge in [0.05, 0.1) is 12.4 Å². The Hall–Kier alpha value is -2.27. The standard InChI is InChI=1S/C15H11BrN4/c16-13-6-3-4-11(8-13)9-17-19-15-14-7-2-1-5-12(14)10-18-20-15/h1-10H,(H,19,20). The molecule has 20 heavy (non-hydrogen) atoms. The lowest BCUT2D eigenvalue weighted by atomic mass is 10.2. The predicted octanol–water partition coefficient (Wildman–Crippen LogP) is 3.84.